The molecule has 110 valence electrons. The summed E-state index contributed by atoms with van der Waals surface area (Å²) in [5, 5.41) is 6.15. The fraction of sp³-hybridized carbons (Fsp3) is 0.417. The maximum absolute atomic E-state index is 11.9. The Hall–Kier alpha value is -0.630. The van der Waals surface area contributed by atoms with E-state index in [9.17, 15) is 13.2 Å². The molecule has 2 rings (SSSR count). The molecule has 1 aliphatic rings. The lowest BCUT2D eigenvalue weighted by Gasteiger charge is -2.23. The number of hydrogen-bond acceptors (Lipinski definition) is 4. The van der Waals surface area contributed by atoms with Crippen LogP contribution in [-0.2, 0) is 14.6 Å². The average Bonchev–Trinajstić information content (AvgIpc) is 2.31. The summed E-state index contributed by atoms with van der Waals surface area (Å²) in [5.74, 6) is -0.137. The third-order valence-electron chi connectivity index (χ3n) is 2.94. The van der Waals surface area contributed by atoms with E-state index in [2.05, 4.69) is 26.6 Å². The van der Waals surface area contributed by atoms with Crippen LogP contribution in [0.1, 0.15) is 6.42 Å². The minimum absolute atomic E-state index is 0.00547. The van der Waals surface area contributed by atoms with E-state index in [0.717, 1.165) is 4.47 Å². The molecule has 2 N–H and O–H groups in total. The van der Waals surface area contributed by atoms with Crippen molar-refractivity contribution < 1.29 is 13.2 Å². The molecule has 5 nitrogen and oxygen atoms in total. The molecule has 1 amide bonds. The molecule has 1 fully saturated rings. The van der Waals surface area contributed by atoms with Gasteiger partial charge in [-0.1, -0.05) is 27.5 Å². The first-order valence-electron chi connectivity index (χ1n) is 6.04. The number of hydrogen-bond donors (Lipinski definition) is 2. The van der Waals surface area contributed by atoms with Crippen LogP contribution in [0.4, 0.5) is 5.69 Å². The lowest BCUT2D eigenvalue weighted by atomic mass is 10.2. The third kappa shape index (κ3) is 4.44. The highest BCUT2D eigenvalue weighted by Gasteiger charge is 2.26. The molecule has 1 atom stereocenters. The number of carbonyl (C=O) groups excluding carboxylic acids is 1. The smallest absolute Gasteiger partial charge is 0.226 e. The van der Waals surface area contributed by atoms with Crippen molar-refractivity contribution in [1.29, 1.82) is 0 Å². The summed E-state index contributed by atoms with van der Waals surface area (Å²) >= 11 is 9.29. The zero-order valence-electron chi connectivity index (χ0n) is 10.5. The Labute approximate surface area is 131 Å². The molecule has 1 heterocycles. The molecule has 20 heavy (non-hydrogen) atoms. The first-order chi connectivity index (χ1) is 9.35. The molecule has 0 saturated carbocycles. The van der Waals surface area contributed by atoms with Gasteiger partial charge in [-0.3, -0.25) is 4.79 Å². The number of rotatable bonds is 3. The number of carbonyl (C=O) groups is 1. The van der Waals surface area contributed by atoms with Gasteiger partial charge in [0, 0.05) is 23.5 Å². The van der Waals surface area contributed by atoms with Gasteiger partial charge in [-0.05, 0) is 18.2 Å². The number of sulfone groups is 1. The topological polar surface area (TPSA) is 75.3 Å². The standard InChI is InChI=1S/C12H14BrClN2O3S/c13-8-1-2-11(10(14)5-8)16-12(17)6-9-7-20(18,19)4-3-15-9/h1-2,5,9,15H,3-4,6-7H2,(H,16,17). The van der Waals surface area contributed by atoms with E-state index in [1.54, 1.807) is 18.2 Å². The molecule has 1 saturated heterocycles. The number of amides is 1. The molecule has 8 heteroatoms. The van der Waals surface area contributed by atoms with Gasteiger partial charge < -0.3 is 10.6 Å². The Morgan fingerprint density at radius 2 is 2.25 bits per heavy atom. The highest BCUT2D eigenvalue weighted by atomic mass is 79.9. The third-order valence-corrected chi connectivity index (χ3v) is 5.48. The molecule has 0 aliphatic carbocycles. The monoisotopic (exact) mass is 380 g/mol. The van der Waals surface area contributed by atoms with E-state index in [1.165, 1.54) is 0 Å². The van der Waals surface area contributed by atoms with Crippen LogP contribution in [0.2, 0.25) is 5.02 Å². The van der Waals surface area contributed by atoms with Crippen LogP contribution >= 0.6 is 27.5 Å². The normalized spacial score (nSPS) is 21.4. The first kappa shape index (κ1) is 15.8. The molecular formula is C12H14BrClN2O3S. The zero-order valence-corrected chi connectivity index (χ0v) is 13.7. The van der Waals surface area contributed by atoms with Gasteiger partial charge in [0.1, 0.15) is 0 Å². The summed E-state index contributed by atoms with van der Waals surface area (Å²) < 4.78 is 23.8. The van der Waals surface area contributed by atoms with Crippen molar-refractivity contribution in [1.82, 2.24) is 5.32 Å². The molecule has 1 aliphatic heterocycles. The van der Waals surface area contributed by atoms with Crippen molar-refractivity contribution in [2.45, 2.75) is 12.5 Å². The Morgan fingerprint density at radius 1 is 1.50 bits per heavy atom. The van der Waals surface area contributed by atoms with Crippen LogP contribution in [0.5, 0.6) is 0 Å². The van der Waals surface area contributed by atoms with E-state index < -0.39 is 9.84 Å². The summed E-state index contributed by atoms with van der Waals surface area (Å²) in [6.45, 7) is 0.388. The Morgan fingerprint density at radius 3 is 2.90 bits per heavy atom. The molecule has 0 radical (unpaired) electrons. The van der Waals surface area contributed by atoms with Crippen molar-refractivity contribution in [3.63, 3.8) is 0 Å². The molecule has 1 aromatic rings. The van der Waals surface area contributed by atoms with Crippen molar-refractivity contribution in [2.24, 2.45) is 0 Å². The fourth-order valence-corrected chi connectivity index (χ4v) is 4.18. The van der Waals surface area contributed by atoms with E-state index >= 15 is 0 Å². The number of anilines is 1. The van der Waals surface area contributed by atoms with Crippen LogP contribution in [0, 0.1) is 0 Å². The number of nitrogens with one attached hydrogen (secondary N) is 2. The molecule has 1 unspecified atom stereocenters. The van der Waals surface area contributed by atoms with Gasteiger partial charge in [-0.2, -0.15) is 0 Å². The summed E-state index contributed by atoms with van der Waals surface area (Å²) in [6.07, 6.45) is 0.103. The first-order valence-corrected chi connectivity index (χ1v) is 9.04. The van der Waals surface area contributed by atoms with Crippen molar-refractivity contribution in [2.75, 3.05) is 23.4 Å². The van der Waals surface area contributed by atoms with Gasteiger partial charge >= 0.3 is 0 Å². The molecule has 1 aromatic carbocycles. The number of benzene rings is 1. The van der Waals surface area contributed by atoms with Crippen LogP contribution in [0.25, 0.3) is 0 Å². The van der Waals surface area contributed by atoms with Crippen molar-refractivity contribution in [3.05, 3.63) is 27.7 Å². The van der Waals surface area contributed by atoms with Gasteiger partial charge in [0.25, 0.3) is 0 Å². The summed E-state index contributed by atoms with van der Waals surface area (Å²) in [6, 6.07) is 4.80. The minimum Gasteiger partial charge on any atom is -0.325 e. The molecule has 0 bridgehead atoms. The maximum atomic E-state index is 11.9. The summed E-state index contributed by atoms with van der Waals surface area (Å²) in [4.78, 5) is 11.9. The van der Waals surface area contributed by atoms with Crippen LogP contribution < -0.4 is 10.6 Å². The summed E-state index contributed by atoms with van der Waals surface area (Å²) in [7, 11) is -3.04. The van der Waals surface area contributed by atoms with Gasteiger partial charge in [0.05, 0.1) is 22.2 Å². The predicted molar refractivity (Wildman–Crippen MR) is 82.8 cm³/mol. The van der Waals surface area contributed by atoms with Gasteiger partial charge in [-0.15, -0.1) is 0 Å². The lowest BCUT2D eigenvalue weighted by Crippen LogP contribution is -2.46. The van der Waals surface area contributed by atoms with E-state index in [-0.39, 0.29) is 29.9 Å². The van der Waals surface area contributed by atoms with Crippen LogP contribution in [-0.4, -0.2) is 38.4 Å². The number of halogens is 2. The average molecular weight is 382 g/mol. The minimum atomic E-state index is -3.04. The Balaban J connectivity index is 1.95. The maximum Gasteiger partial charge on any atom is 0.226 e. The quantitative estimate of drug-likeness (QED) is 0.837. The van der Waals surface area contributed by atoms with E-state index in [0.29, 0.717) is 17.3 Å². The van der Waals surface area contributed by atoms with Gasteiger partial charge in [-0.25, -0.2) is 8.42 Å². The van der Waals surface area contributed by atoms with Crippen LogP contribution in [0.3, 0.4) is 0 Å². The Kier molecular flexibility index (Phi) is 5.06. The highest BCUT2D eigenvalue weighted by molar-refractivity contribution is 9.10. The lowest BCUT2D eigenvalue weighted by molar-refractivity contribution is -0.116. The largest absolute Gasteiger partial charge is 0.325 e. The van der Waals surface area contributed by atoms with Gasteiger partial charge in [0.2, 0.25) is 5.91 Å². The molecule has 0 aromatic heterocycles. The SMILES string of the molecule is O=C(CC1CS(=O)(=O)CCN1)Nc1ccc(Br)cc1Cl. The molecule has 0 spiro atoms. The van der Waals surface area contributed by atoms with E-state index in [1.807, 2.05) is 0 Å². The van der Waals surface area contributed by atoms with Gasteiger partial charge in [0.15, 0.2) is 9.84 Å². The van der Waals surface area contributed by atoms with Crippen molar-refractivity contribution in [3.8, 4) is 0 Å². The second-order valence-electron chi connectivity index (χ2n) is 4.64. The fourth-order valence-electron chi connectivity index (χ4n) is 2.01. The zero-order chi connectivity index (χ0) is 14.8. The summed E-state index contributed by atoms with van der Waals surface area (Å²) in [5.41, 5.74) is 0.513. The predicted octanol–water partition coefficient (Wildman–Crippen LogP) is 1.82. The van der Waals surface area contributed by atoms with Crippen LogP contribution in [0.15, 0.2) is 22.7 Å². The highest BCUT2D eigenvalue weighted by Crippen LogP contribution is 2.25. The van der Waals surface area contributed by atoms with E-state index in [4.69, 9.17) is 11.6 Å². The van der Waals surface area contributed by atoms with Crippen molar-refractivity contribution >= 4 is 49.0 Å². The molecular weight excluding hydrogens is 368 g/mol. The second-order valence-corrected chi connectivity index (χ2v) is 8.19. The second kappa shape index (κ2) is 6.43. The Bertz CT molecular complexity index is 621.